The van der Waals surface area contributed by atoms with Crippen LogP contribution < -0.4 is 22.5 Å². The monoisotopic (exact) mass is 570 g/mol. The molecule has 0 saturated heterocycles. The number of hydrogen-bond acceptors (Lipinski definition) is 8. The lowest BCUT2D eigenvalue weighted by Gasteiger charge is -2.00. The molecule has 2 aromatic rings. The molecule has 0 saturated carbocycles. The molecule has 14 heteroatoms. The molecular weight excluding hydrogens is 528 g/mol. The van der Waals surface area contributed by atoms with E-state index in [4.69, 9.17) is 51.9 Å². The number of hydrogen-bond donors (Lipinski definition) is 10. The average molecular weight is 571 g/mol. The fraction of sp³-hybridized carbons (Fsp3) is 0.385. The summed E-state index contributed by atoms with van der Waals surface area (Å²) in [6.45, 7) is 4.54. The number of carbonyl (C=O) groups excluding carboxylic acids is 2. The number of nitrogens with two attached hydrogens (primary N) is 2. The van der Waals surface area contributed by atoms with Gasteiger partial charge in [-0.05, 0) is 24.3 Å². The van der Waals surface area contributed by atoms with Gasteiger partial charge in [-0.25, -0.2) is 21.3 Å². The van der Waals surface area contributed by atoms with E-state index in [0.29, 0.717) is 0 Å². The number of nitrogen functional groups attached to an aromatic ring is 2. The lowest BCUT2D eigenvalue weighted by molar-refractivity contribution is 0.0942. The second-order valence-electron chi connectivity index (χ2n) is 7.67. The third-order valence-corrected chi connectivity index (χ3v) is 4.52. The van der Waals surface area contributed by atoms with Gasteiger partial charge in [0.1, 0.15) is 11.5 Å². The van der Waals surface area contributed by atoms with Crippen molar-refractivity contribution in [3.8, 4) is 11.5 Å². The Morgan fingerprint density at radius 3 is 1.05 bits per heavy atom. The molecule has 226 valence electrons. The van der Waals surface area contributed by atoms with E-state index in [2.05, 4.69) is 13.8 Å². The van der Waals surface area contributed by atoms with Gasteiger partial charge < -0.3 is 30.6 Å². The van der Waals surface area contributed by atoms with Gasteiger partial charge in [-0.2, -0.15) is 0 Å². The summed E-state index contributed by atoms with van der Waals surface area (Å²) in [6.07, 6.45) is 7.79. The number of unbranched alkanes of at least 4 members (excludes halogenated alkanes) is 7. The summed E-state index contributed by atoms with van der Waals surface area (Å²) in [5, 5.41) is 46.1. The summed E-state index contributed by atoms with van der Waals surface area (Å²) in [5.41, 5.74) is 4.20. The smallest absolute Gasteiger partial charge is 0.503 e. The van der Waals surface area contributed by atoms with Crippen molar-refractivity contribution in [2.75, 3.05) is 0 Å². The van der Waals surface area contributed by atoms with Gasteiger partial charge in [0.25, 0.3) is 11.8 Å². The van der Waals surface area contributed by atoms with E-state index in [0.717, 1.165) is 0 Å². The zero-order valence-electron chi connectivity index (χ0n) is 22.7. The number of hydrazine groups is 2. The summed E-state index contributed by atoms with van der Waals surface area (Å²) < 4.78 is 0. The molecule has 0 aliphatic rings. The van der Waals surface area contributed by atoms with E-state index in [9.17, 15) is 9.59 Å². The Hall–Kier alpha value is -4.56. The van der Waals surface area contributed by atoms with Crippen LogP contribution in [0.25, 0.3) is 0 Å². The number of carboxylic acid groups (broad SMARTS) is 4. The van der Waals surface area contributed by atoms with Gasteiger partial charge in [0.2, 0.25) is 0 Å². The highest BCUT2D eigenvalue weighted by molar-refractivity contribution is 5.96. The van der Waals surface area contributed by atoms with Gasteiger partial charge >= 0.3 is 12.3 Å². The van der Waals surface area contributed by atoms with Crippen molar-refractivity contribution in [2.24, 2.45) is 11.7 Å². The van der Waals surface area contributed by atoms with Gasteiger partial charge in [-0.1, -0.05) is 89.5 Å². The van der Waals surface area contributed by atoms with Crippen LogP contribution >= 0.6 is 0 Å². The molecule has 14 nitrogen and oxygen atoms in total. The van der Waals surface area contributed by atoms with E-state index in [-0.39, 0.29) is 22.6 Å². The van der Waals surface area contributed by atoms with E-state index >= 15 is 0 Å². The Morgan fingerprint density at radius 1 is 0.575 bits per heavy atom. The standard InChI is InChI=1S/C10H22.2C7H8N2O2.2CH2O3/c1-3-5-7-9-10-8-6-4-2;2*8-9-7(11)5-3-1-2-4-6(5)10;2*2-1(3)4/h3-10H2,1-2H3;2*1-4,10H,8H2,(H,9,11);2*(H2,2,3,4). The molecule has 0 atom stereocenters. The lowest BCUT2D eigenvalue weighted by atomic mass is 10.1. The highest BCUT2D eigenvalue weighted by Gasteiger charge is 2.07. The molecule has 2 amide bonds. The molecule has 0 aromatic heterocycles. The Balaban J connectivity index is -0.000000453. The second-order valence-corrected chi connectivity index (χ2v) is 7.67. The van der Waals surface area contributed by atoms with Gasteiger partial charge in [-0.3, -0.25) is 20.4 Å². The molecule has 0 fully saturated rings. The molecular formula is C26H42N4O10. The fourth-order valence-electron chi connectivity index (χ4n) is 2.69. The van der Waals surface area contributed by atoms with Crippen molar-refractivity contribution in [3.05, 3.63) is 59.7 Å². The largest absolute Gasteiger partial charge is 0.507 e. The zero-order chi connectivity index (χ0) is 31.3. The first-order valence-electron chi connectivity index (χ1n) is 12.3. The van der Waals surface area contributed by atoms with Gasteiger partial charge in [0.15, 0.2) is 0 Å². The molecule has 0 bridgehead atoms. The molecule has 12 N–H and O–H groups in total. The maximum atomic E-state index is 10.8. The van der Waals surface area contributed by atoms with Crippen molar-refractivity contribution in [1.82, 2.24) is 10.9 Å². The van der Waals surface area contributed by atoms with E-state index in [1.807, 2.05) is 10.9 Å². The topological polar surface area (TPSA) is 266 Å². The first-order valence-corrected chi connectivity index (χ1v) is 12.3. The highest BCUT2D eigenvalue weighted by atomic mass is 16.6. The maximum absolute atomic E-state index is 10.8. The summed E-state index contributed by atoms with van der Waals surface area (Å²) in [5.74, 6) is 8.58. The number of carbonyl (C=O) groups is 4. The van der Waals surface area contributed by atoms with Gasteiger partial charge in [0, 0.05) is 0 Å². The summed E-state index contributed by atoms with van der Waals surface area (Å²) >= 11 is 0. The fourth-order valence-corrected chi connectivity index (χ4v) is 2.69. The highest BCUT2D eigenvalue weighted by Crippen LogP contribution is 2.15. The van der Waals surface area contributed by atoms with E-state index in [1.165, 1.54) is 75.6 Å². The number of rotatable bonds is 9. The molecule has 2 aromatic carbocycles. The Bertz CT molecular complexity index is 889. The molecule has 0 spiro atoms. The predicted molar refractivity (Wildman–Crippen MR) is 149 cm³/mol. The third kappa shape index (κ3) is 26.5. The minimum Gasteiger partial charge on any atom is -0.507 e. The van der Waals surface area contributed by atoms with Crippen LogP contribution in [0.2, 0.25) is 0 Å². The second kappa shape index (κ2) is 27.5. The quantitative estimate of drug-likeness (QED) is 0.0858. The van der Waals surface area contributed by atoms with Crippen molar-refractivity contribution in [1.29, 1.82) is 0 Å². The lowest BCUT2D eigenvalue weighted by Crippen LogP contribution is -2.29. The van der Waals surface area contributed by atoms with Crippen LogP contribution in [0.15, 0.2) is 48.5 Å². The predicted octanol–water partition coefficient (Wildman–Crippen LogP) is 4.58. The molecule has 0 unspecified atom stereocenters. The van der Waals surface area contributed by atoms with Crippen LogP contribution in [0.4, 0.5) is 9.59 Å². The Kier molecular flexibility index (Phi) is 27.4. The molecule has 0 radical (unpaired) electrons. The van der Waals surface area contributed by atoms with Crippen LogP contribution in [0.3, 0.4) is 0 Å². The van der Waals surface area contributed by atoms with Crippen LogP contribution in [0.5, 0.6) is 11.5 Å². The number of benzene rings is 2. The Morgan fingerprint density at radius 2 is 0.825 bits per heavy atom. The molecule has 0 heterocycles. The third-order valence-electron chi connectivity index (χ3n) is 4.52. The first-order chi connectivity index (χ1) is 18.9. The van der Waals surface area contributed by atoms with Crippen molar-refractivity contribution >= 4 is 24.1 Å². The minimum atomic E-state index is -1.83. The molecule has 2 rings (SSSR count). The van der Waals surface area contributed by atoms with Crippen LogP contribution in [0.1, 0.15) is 85.9 Å². The van der Waals surface area contributed by atoms with Crippen LogP contribution in [-0.4, -0.2) is 54.8 Å². The number of aromatic hydroxyl groups is 2. The first kappa shape index (κ1) is 39.9. The molecule has 0 aliphatic carbocycles. The normalized spacial score (nSPS) is 8.80. The Labute approximate surface area is 233 Å². The van der Waals surface area contributed by atoms with Gasteiger partial charge in [0.05, 0.1) is 11.1 Å². The number of para-hydroxylation sites is 2. The molecule has 40 heavy (non-hydrogen) atoms. The average Bonchev–Trinajstić information content (AvgIpc) is 2.90. The van der Waals surface area contributed by atoms with Crippen LogP contribution in [-0.2, 0) is 0 Å². The molecule has 0 aliphatic heterocycles. The summed E-state index contributed by atoms with van der Waals surface area (Å²) in [4.78, 5) is 38.8. The number of amides is 2. The van der Waals surface area contributed by atoms with Crippen molar-refractivity contribution in [2.45, 2.75) is 65.2 Å². The minimum absolute atomic E-state index is 0.0737. The number of nitrogens with one attached hydrogen (secondary N) is 2. The SMILES string of the molecule is CCCCCCCCCC.NNC(=O)c1ccccc1O.NNC(=O)c1ccccc1O.O=C(O)O.O=C(O)O. The van der Waals surface area contributed by atoms with Crippen molar-refractivity contribution in [3.63, 3.8) is 0 Å². The van der Waals surface area contributed by atoms with Crippen LogP contribution in [0, 0.1) is 0 Å². The van der Waals surface area contributed by atoms with E-state index < -0.39 is 24.1 Å². The van der Waals surface area contributed by atoms with E-state index in [1.54, 1.807) is 24.3 Å². The number of phenols is 2. The summed E-state index contributed by atoms with van der Waals surface area (Å²) in [7, 11) is 0. The zero-order valence-corrected chi connectivity index (χ0v) is 22.7. The van der Waals surface area contributed by atoms with Crippen molar-refractivity contribution < 1.29 is 49.8 Å². The maximum Gasteiger partial charge on any atom is 0.503 e. The number of phenolic OH excluding ortho intramolecular Hbond substituents is 2. The summed E-state index contributed by atoms with van der Waals surface area (Å²) in [6, 6.07) is 12.4. The van der Waals surface area contributed by atoms with Gasteiger partial charge in [-0.15, -0.1) is 0 Å².